The van der Waals surface area contributed by atoms with E-state index in [0.717, 1.165) is 43.2 Å². The van der Waals surface area contributed by atoms with Crippen molar-refractivity contribution in [1.82, 2.24) is 9.88 Å². The minimum Gasteiger partial charge on any atom is -0.496 e. The molecule has 178 valence electrons. The fourth-order valence-electron chi connectivity index (χ4n) is 4.11. The van der Waals surface area contributed by atoms with Gasteiger partial charge in [0.2, 0.25) is 0 Å². The van der Waals surface area contributed by atoms with Gasteiger partial charge in [0.05, 0.1) is 17.6 Å². The molecule has 1 aromatic heterocycles. The van der Waals surface area contributed by atoms with E-state index in [-0.39, 0.29) is 16.4 Å². The molecular weight excluding hydrogens is 450 g/mol. The van der Waals surface area contributed by atoms with Gasteiger partial charge in [0.25, 0.3) is 15.9 Å². The van der Waals surface area contributed by atoms with Crippen molar-refractivity contribution in [2.75, 3.05) is 24.9 Å². The van der Waals surface area contributed by atoms with Gasteiger partial charge >= 0.3 is 0 Å². The number of rotatable bonds is 7. The van der Waals surface area contributed by atoms with Crippen molar-refractivity contribution in [3.63, 3.8) is 0 Å². The van der Waals surface area contributed by atoms with Crippen molar-refractivity contribution in [3.8, 4) is 5.75 Å². The maximum atomic E-state index is 13.2. The summed E-state index contributed by atoms with van der Waals surface area (Å²) < 4.78 is 34.2. The molecule has 4 rings (SSSR count). The number of anilines is 1. The number of sulfonamides is 1. The number of aromatic nitrogens is 1. The second-order valence-electron chi connectivity index (χ2n) is 8.40. The van der Waals surface area contributed by atoms with Crippen LogP contribution >= 0.6 is 0 Å². The predicted octanol–water partition coefficient (Wildman–Crippen LogP) is 4.50. The maximum absolute atomic E-state index is 13.2. The van der Waals surface area contributed by atoms with Gasteiger partial charge in [-0.05, 0) is 72.9 Å². The van der Waals surface area contributed by atoms with Gasteiger partial charge < -0.3 is 9.64 Å². The molecule has 0 bridgehead atoms. The van der Waals surface area contributed by atoms with Gasteiger partial charge in [-0.3, -0.25) is 14.5 Å². The Balaban J connectivity index is 1.52. The van der Waals surface area contributed by atoms with E-state index in [4.69, 9.17) is 4.74 Å². The van der Waals surface area contributed by atoms with Gasteiger partial charge in [-0.15, -0.1) is 0 Å². The van der Waals surface area contributed by atoms with E-state index in [1.165, 1.54) is 25.3 Å². The highest BCUT2D eigenvalue weighted by molar-refractivity contribution is 7.92. The third-order valence-corrected chi connectivity index (χ3v) is 7.35. The van der Waals surface area contributed by atoms with Crippen molar-refractivity contribution in [2.45, 2.75) is 37.0 Å². The number of methoxy groups -OCH3 is 1. The van der Waals surface area contributed by atoms with E-state index in [9.17, 15) is 13.2 Å². The lowest BCUT2D eigenvalue weighted by atomic mass is 10.1. The van der Waals surface area contributed by atoms with E-state index in [1.54, 1.807) is 29.4 Å². The van der Waals surface area contributed by atoms with Gasteiger partial charge in [-0.1, -0.05) is 25.0 Å². The molecule has 1 N–H and O–H groups in total. The zero-order valence-corrected chi connectivity index (χ0v) is 20.1. The summed E-state index contributed by atoms with van der Waals surface area (Å²) >= 11 is 0. The topological polar surface area (TPSA) is 88.6 Å². The molecule has 0 radical (unpaired) electrons. The zero-order chi connectivity index (χ0) is 24.0. The summed E-state index contributed by atoms with van der Waals surface area (Å²) in [5.74, 6) is 0.171. The quantitative estimate of drug-likeness (QED) is 0.539. The average molecular weight is 480 g/mol. The van der Waals surface area contributed by atoms with Crippen LogP contribution in [0.1, 0.15) is 47.2 Å². The van der Waals surface area contributed by atoms with Gasteiger partial charge in [0.1, 0.15) is 5.75 Å². The maximum Gasteiger partial charge on any atom is 0.261 e. The Morgan fingerprint density at radius 3 is 2.24 bits per heavy atom. The van der Waals surface area contributed by atoms with Crippen LogP contribution in [-0.2, 0) is 16.4 Å². The number of hydrogen-bond acceptors (Lipinski definition) is 5. The molecule has 2 aromatic carbocycles. The summed E-state index contributed by atoms with van der Waals surface area (Å²) in [6.45, 7) is 1.34. The molecule has 0 spiro atoms. The third-order valence-electron chi connectivity index (χ3n) is 5.97. The predicted molar refractivity (Wildman–Crippen MR) is 132 cm³/mol. The molecule has 7 nitrogen and oxygen atoms in total. The van der Waals surface area contributed by atoms with Crippen LogP contribution in [0.3, 0.4) is 0 Å². The van der Waals surface area contributed by atoms with Crippen LogP contribution in [0.2, 0.25) is 0 Å². The highest BCUT2D eigenvalue weighted by Gasteiger charge is 2.24. The summed E-state index contributed by atoms with van der Waals surface area (Å²) in [5, 5.41) is 0. The first kappa shape index (κ1) is 23.8. The Labute approximate surface area is 200 Å². The molecule has 1 saturated heterocycles. The summed E-state index contributed by atoms with van der Waals surface area (Å²) in [6, 6.07) is 15.6. The smallest absolute Gasteiger partial charge is 0.261 e. The van der Waals surface area contributed by atoms with Crippen molar-refractivity contribution >= 4 is 21.6 Å². The van der Waals surface area contributed by atoms with Crippen LogP contribution in [-0.4, -0.2) is 44.4 Å². The second kappa shape index (κ2) is 10.7. The number of carbonyl (C=O) groups is 1. The first-order chi connectivity index (χ1) is 16.5. The van der Waals surface area contributed by atoms with E-state index in [1.807, 2.05) is 24.3 Å². The molecule has 0 atom stereocenters. The molecule has 0 unspecified atom stereocenters. The lowest BCUT2D eigenvalue weighted by molar-refractivity contribution is 0.0758. The molecule has 3 aromatic rings. The Morgan fingerprint density at radius 2 is 1.59 bits per heavy atom. The largest absolute Gasteiger partial charge is 0.496 e. The molecule has 2 heterocycles. The molecule has 8 heteroatoms. The summed E-state index contributed by atoms with van der Waals surface area (Å²) in [4.78, 5) is 19.0. The van der Waals surface area contributed by atoms with Gasteiger partial charge in [-0.2, -0.15) is 0 Å². The summed E-state index contributed by atoms with van der Waals surface area (Å²) in [5.41, 5.74) is 2.90. The first-order valence-corrected chi connectivity index (χ1v) is 12.9. The van der Waals surface area contributed by atoms with Crippen molar-refractivity contribution in [2.24, 2.45) is 0 Å². The molecule has 0 aliphatic carbocycles. The van der Waals surface area contributed by atoms with Gasteiger partial charge in [0.15, 0.2) is 0 Å². The number of nitrogens with one attached hydrogen (secondary N) is 1. The van der Waals surface area contributed by atoms with Crippen molar-refractivity contribution < 1.29 is 17.9 Å². The SMILES string of the molecule is COc1ccc(S(=O)(=O)Nc2ccc(Cc3ccncc3)cc2)cc1C(=O)N1CCCCCC1. The number of pyridine rings is 1. The Bertz CT molecular complexity index is 1220. The standard InChI is InChI=1S/C26H29N3O4S/c1-33-25-11-10-23(19-24(25)26(30)29-16-4-2-3-5-17-29)34(31,32)28-22-8-6-20(7-9-22)18-21-12-14-27-15-13-21/h6-15,19,28H,2-5,16-18H2,1H3. The number of ether oxygens (including phenoxy) is 1. The molecule has 1 fully saturated rings. The molecule has 1 aliphatic rings. The van der Waals surface area contributed by atoms with Crippen LogP contribution < -0.4 is 9.46 Å². The normalized spacial score (nSPS) is 14.3. The molecule has 34 heavy (non-hydrogen) atoms. The fraction of sp³-hybridized carbons (Fsp3) is 0.308. The van der Waals surface area contributed by atoms with Crippen LogP contribution in [0.5, 0.6) is 5.75 Å². The number of amides is 1. The fourth-order valence-corrected chi connectivity index (χ4v) is 5.19. The lowest BCUT2D eigenvalue weighted by Crippen LogP contribution is -2.32. The average Bonchev–Trinajstić information content (AvgIpc) is 3.14. The first-order valence-electron chi connectivity index (χ1n) is 11.4. The Kier molecular flexibility index (Phi) is 7.47. The van der Waals surface area contributed by atoms with E-state index >= 15 is 0 Å². The van der Waals surface area contributed by atoms with E-state index in [2.05, 4.69) is 9.71 Å². The number of carbonyl (C=O) groups excluding carboxylic acids is 1. The molecule has 0 saturated carbocycles. The molecular formula is C26H29N3O4S. The number of benzene rings is 2. The highest BCUT2D eigenvalue weighted by atomic mass is 32.2. The second-order valence-corrected chi connectivity index (χ2v) is 10.1. The Morgan fingerprint density at radius 1 is 0.941 bits per heavy atom. The van der Waals surface area contributed by atoms with Crippen LogP contribution in [0.25, 0.3) is 0 Å². The zero-order valence-electron chi connectivity index (χ0n) is 19.2. The highest BCUT2D eigenvalue weighted by Crippen LogP contribution is 2.26. The number of likely N-dealkylation sites (tertiary alicyclic amines) is 1. The molecule has 1 amide bonds. The van der Waals surface area contributed by atoms with Crippen molar-refractivity contribution in [1.29, 1.82) is 0 Å². The molecule has 1 aliphatic heterocycles. The van der Waals surface area contributed by atoms with E-state index < -0.39 is 10.0 Å². The summed E-state index contributed by atoms with van der Waals surface area (Å²) in [7, 11) is -2.41. The Hall–Kier alpha value is -3.39. The van der Waals surface area contributed by atoms with Crippen molar-refractivity contribution in [3.05, 3.63) is 83.7 Å². The lowest BCUT2D eigenvalue weighted by Gasteiger charge is -2.22. The van der Waals surface area contributed by atoms with Crippen LogP contribution in [0.4, 0.5) is 5.69 Å². The van der Waals surface area contributed by atoms with E-state index in [0.29, 0.717) is 24.5 Å². The van der Waals surface area contributed by atoms with Gasteiger partial charge in [-0.25, -0.2) is 8.42 Å². The minimum absolute atomic E-state index is 0.0207. The van der Waals surface area contributed by atoms with Gasteiger partial charge in [0, 0.05) is 31.2 Å². The number of hydrogen-bond donors (Lipinski definition) is 1. The van der Waals surface area contributed by atoms with Crippen LogP contribution in [0.15, 0.2) is 71.9 Å². The number of nitrogens with zero attached hydrogens (tertiary/aromatic N) is 2. The third kappa shape index (κ3) is 5.75. The van der Waals surface area contributed by atoms with Crippen LogP contribution in [0, 0.1) is 0 Å². The summed E-state index contributed by atoms with van der Waals surface area (Å²) in [6.07, 6.45) is 8.32. The monoisotopic (exact) mass is 479 g/mol. The minimum atomic E-state index is -3.89.